The van der Waals surface area contributed by atoms with E-state index in [2.05, 4.69) is 21.6 Å². The number of anilines is 1. The lowest BCUT2D eigenvalue weighted by Crippen LogP contribution is -2.40. The Kier molecular flexibility index (Phi) is 4.80. The fraction of sp³-hybridized carbons (Fsp3) is 0.647. The van der Waals surface area contributed by atoms with E-state index in [1.165, 1.54) is 25.7 Å². The molecule has 0 aromatic carbocycles. The number of carbonyl (C=O) groups excluding carboxylic acids is 1. The van der Waals surface area contributed by atoms with Crippen LogP contribution in [0.1, 0.15) is 49.8 Å². The van der Waals surface area contributed by atoms with Crippen LogP contribution >= 0.6 is 0 Å². The minimum atomic E-state index is -0.0557. The predicted octanol–water partition coefficient (Wildman–Crippen LogP) is 2.73. The Labute approximate surface area is 132 Å². The molecular formula is C17H26N4O. The maximum atomic E-state index is 12.0. The van der Waals surface area contributed by atoms with Gasteiger partial charge in [0.2, 0.25) is 0 Å². The highest BCUT2D eigenvalue weighted by Crippen LogP contribution is 2.23. The summed E-state index contributed by atoms with van der Waals surface area (Å²) in [6.45, 7) is 4.69. The van der Waals surface area contributed by atoms with E-state index < -0.39 is 0 Å². The Balaban J connectivity index is 1.60. The average Bonchev–Trinajstić information content (AvgIpc) is 3.19. The highest BCUT2D eigenvalue weighted by atomic mass is 16.2. The molecule has 1 aliphatic heterocycles. The molecule has 0 spiro atoms. The molecule has 3 rings (SSSR count). The first-order chi connectivity index (χ1) is 10.7. The summed E-state index contributed by atoms with van der Waals surface area (Å²) in [5.74, 6) is 1.04. The number of hydrogen-bond acceptors (Lipinski definition) is 3. The number of nitrogens with zero attached hydrogens (tertiary/aromatic N) is 2. The number of carbonyl (C=O) groups is 1. The second kappa shape index (κ2) is 6.99. The van der Waals surface area contributed by atoms with Crippen LogP contribution in [0.3, 0.4) is 0 Å². The number of pyridine rings is 1. The standard InChI is InChI=1S/C17H26N4O/c1-13-8-9-14(16(19-13)21-10-4-5-11-21)12-18-17(22)20-15-6-2-3-7-15/h8-9,15H,2-7,10-12H2,1H3,(H2,18,20,22). The SMILES string of the molecule is Cc1ccc(CNC(=O)NC2CCCC2)c(N2CCCC2)n1. The summed E-state index contributed by atoms with van der Waals surface area (Å²) in [5, 5.41) is 6.06. The van der Waals surface area contributed by atoms with Crippen LogP contribution in [0.2, 0.25) is 0 Å². The van der Waals surface area contributed by atoms with Gasteiger partial charge in [0.25, 0.3) is 0 Å². The van der Waals surface area contributed by atoms with E-state index in [4.69, 9.17) is 4.98 Å². The number of aromatic nitrogens is 1. The monoisotopic (exact) mass is 302 g/mol. The number of urea groups is 1. The Morgan fingerprint density at radius 3 is 2.68 bits per heavy atom. The van der Waals surface area contributed by atoms with Crippen molar-refractivity contribution in [2.24, 2.45) is 0 Å². The van der Waals surface area contributed by atoms with Gasteiger partial charge in [-0.15, -0.1) is 0 Å². The molecule has 2 heterocycles. The molecule has 2 fully saturated rings. The maximum absolute atomic E-state index is 12.0. The Bertz CT molecular complexity index is 519. The van der Waals surface area contributed by atoms with E-state index in [1.807, 2.05) is 13.0 Å². The molecule has 1 saturated heterocycles. The molecule has 1 aromatic heterocycles. The van der Waals surface area contributed by atoms with E-state index >= 15 is 0 Å². The topological polar surface area (TPSA) is 57.3 Å². The smallest absolute Gasteiger partial charge is 0.315 e. The minimum Gasteiger partial charge on any atom is -0.356 e. The van der Waals surface area contributed by atoms with Crippen molar-refractivity contribution >= 4 is 11.8 Å². The molecule has 0 atom stereocenters. The Morgan fingerprint density at radius 2 is 1.95 bits per heavy atom. The summed E-state index contributed by atoms with van der Waals surface area (Å²) in [4.78, 5) is 19.0. The largest absolute Gasteiger partial charge is 0.356 e. The molecule has 5 nitrogen and oxygen atoms in total. The molecule has 0 radical (unpaired) electrons. The third-order valence-corrected chi connectivity index (χ3v) is 4.63. The molecule has 1 saturated carbocycles. The van der Waals surface area contributed by atoms with Crippen LogP contribution in [0.25, 0.3) is 0 Å². The van der Waals surface area contributed by atoms with E-state index in [0.29, 0.717) is 12.6 Å². The van der Waals surface area contributed by atoms with Gasteiger partial charge >= 0.3 is 6.03 Å². The van der Waals surface area contributed by atoms with Crippen molar-refractivity contribution in [3.05, 3.63) is 23.4 Å². The number of rotatable bonds is 4. The van der Waals surface area contributed by atoms with Gasteiger partial charge in [-0.25, -0.2) is 9.78 Å². The first kappa shape index (κ1) is 15.1. The van der Waals surface area contributed by atoms with Gasteiger partial charge in [0.1, 0.15) is 5.82 Å². The van der Waals surface area contributed by atoms with Gasteiger partial charge in [0, 0.05) is 36.9 Å². The van der Waals surface area contributed by atoms with Crippen molar-refractivity contribution in [3.8, 4) is 0 Å². The summed E-state index contributed by atoms with van der Waals surface area (Å²) in [6, 6.07) is 4.41. The van der Waals surface area contributed by atoms with Crippen molar-refractivity contribution in [2.75, 3.05) is 18.0 Å². The Morgan fingerprint density at radius 1 is 1.23 bits per heavy atom. The highest BCUT2D eigenvalue weighted by molar-refractivity contribution is 5.74. The lowest BCUT2D eigenvalue weighted by molar-refractivity contribution is 0.236. The van der Waals surface area contributed by atoms with Crippen molar-refractivity contribution in [2.45, 2.75) is 58.0 Å². The molecule has 5 heteroatoms. The van der Waals surface area contributed by atoms with Crippen LogP contribution in [-0.2, 0) is 6.54 Å². The van der Waals surface area contributed by atoms with Gasteiger partial charge in [0.05, 0.1) is 0 Å². The zero-order valence-electron chi connectivity index (χ0n) is 13.4. The van der Waals surface area contributed by atoms with Gasteiger partial charge in [-0.1, -0.05) is 18.9 Å². The second-order valence-electron chi connectivity index (χ2n) is 6.44. The first-order valence-electron chi connectivity index (χ1n) is 8.48. The molecule has 2 amide bonds. The molecule has 2 N–H and O–H groups in total. The number of amides is 2. The fourth-order valence-corrected chi connectivity index (χ4v) is 3.39. The van der Waals surface area contributed by atoms with Crippen LogP contribution in [0.5, 0.6) is 0 Å². The third-order valence-electron chi connectivity index (χ3n) is 4.63. The predicted molar refractivity (Wildman–Crippen MR) is 88.0 cm³/mol. The second-order valence-corrected chi connectivity index (χ2v) is 6.44. The third kappa shape index (κ3) is 3.70. The lowest BCUT2D eigenvalue weighted by Gasteiger charge is -2.21. The summed E-state index contributed by atoms with van der Waals surface area (Å²) >= 11 is 0. The van der Waals surface area contributed by atoms with Gasteiger partial charge in [-0.3, -0.25) is 0 Å². The van der Waals surface area contributed by atoms with Crippen molar-refractivity contribution < 1.29 is 4.79 Å². The zero-order chi connectivity index (χ0) is 15.4. The van der Waals surface area contributed by atoms with Gasteiger partial charge in [-0.05, 0) is 38.7 Å². The molecule has 1 aromatic rings. The highest BCUT2D eigenvalue weighted by Gasteiger charge is 2.19. The molecule has 0 unspecified atom stereocenters. The quantitative estimate of drug-likeness (QED) is 0.899. The summed E-state index contributed by atoms with van der Waals surface area (Å²) < 4.78 is 0. The van der Waals surface area contributed by atoms with E-state index in [0.717, 1.165) is 43.0 Å². The van der Waals surface area contributed by atoms with Crippen molar-refractivity contribution in [1.29, 1.82) is 0 Å². The van der Waals surface area contributed by atoms with Crippen LogP contribution in [0.4, 0.5) is 10.6 Å². The Hall–Kier alpha value is -1.78. The molecule has 22 heavy (non-hydrogen) atoms. The first-order valence-corrected chi connectivity index (χ1v) is 8.48. The van der Waals surface area contributed by atoms with Gasteiger partial charge in [-0.2, -0.15) is 0 Å². The number of nitrogens with one attached hydrogen (secondary N) is 2. The minimum absolute atomic E-state index is 0.0557. The van der Waals surface area contributed by atoms with Crippen LogP contribution in [0.15, 0.2) is 12.1 Å². The number of hydrogen-bond donors (Lipinski definition) is 2. The summed E-state index contributed by atoms with van der Waals surface area (Å²) in [5.41, 5.74) is 2.13. The van der Waals surface area contributed by atoms with E-state index in [-0.39, 0.29) is 6.03 Å². The molecule has 120 valence electrons. The van der Waals surface area contributed by atoms with Gasteiger partial charge in [0.15, 0.2) is 0 Å². The molecule has 1 aliphatic carbocycles. The van der Waals surface area contributed by atoms with Crippen molar-refractivity contribution in [3.63, 3.8) is 0 Å². The van der Waals surface area contributed by atoms with E-state index in [1.54, 1.807) is 0 Å². The average molecular weight is 302 g/mol. The van der Waals surface area contributed by atoms with Crippen LogP contribution < -0.4 is 15.5 Å². The van der Waals surface area contributed by atoms with E-state index in [9.17, 15) is 4.79 Å². The zero-order valence-corrected chi connectivity index (χ0v) is 13.4. The lowest BCUT2D eigenvalue weighted by atomic mass is 10.2. The summed E-state index contributed by atoms with van der Waals surface area (Å²) in [7, 11) is 0. The maximum Gasteiger partial charge on any atom is 0.315 e. The molecule has 2 aliphatic rings. The molecular weight excluding hydrogens is 276 g/mol. The summed E-state index contributed by atoms with van der Waals surface area (Å²) in [6.07, 6.45) is 7.13. The fourth-order valence-electron chi connectivity index (χ4n) is 3.39. The van der Waals surface area contributed by atoms with Crippen LogP contribution in [0, 0.1) is 6.92 Å². The van der Waals surface area contributed by atoms with Crippen molar-refractivity contribution in [1.82, 2.24) is 15.6 Å². The van der Waals surface area contributed by atoms with Crippen LogP contribution in [-0.4, -0.2) is 30.1 Å². The molecule has 0 bridgehead atoms. The number of aryl methyl sites for hydroxylation is 1. The normalized spacial score (nSPS) is 18.7. The van der Waals surface area contributed by atoms with Gasteiger partial charge < -0.3 is 15.5 Å².